The average Bonchev–Trinajstić information content (AvgIpc) is 2.39. The van der Waals surface area contributed by atoms with Crippen LogP contribution in [-0.4, -0.2) is 28.6 Å². The molecule has 0 aliphatic carbocycles. The van der Waals surface area contributed by atoms with Gasteiger partial charge in [-0.15, -0.1) is 0 Å². The van der Waals surface area contributed by atoms with Crippen molar-refractivity contribution in [3.05, 3.63) is 32.0 Å². The molecule has 0 aromatic heterocycles. The van der Waals surface area contributed by atoms with Crippen molar-refractivity contribution in [2.45, 2.75) is 19.4 Å². The van der Waals surface area contributed by atoms with Crippen molar-refractivity contribution < 1.29 is 24.0 Å². The van der Waals surface area contributed by atoms with Gasteiger partial charge in [-0.25, -0.2) is 0 Å². The van der Waals surface area contributed by atoms with Gasteiger partial charge in [-0.1, -0.05) is 0 Å². The highest BCUT2D eigenvalue weighted by molar-refractivity contribution is 9.10. The second kappa shape index (κ2) is 6.62. The van der Waals surface area contributed by atoms with Gasteiger partial charge in [-0.05, 0) is 22.9 Å². The molecule has 1 aromatic carbocycles. The number of halogens is 2. The fourth-order valence-corrected chi connectivity index (χ4v) is 1.97. The van der Waals surface area contributed by atoms with Gasteiger partial charge in [-0.2, -0.15) is 4.39 Å². The summed E-state index contributed by atoms with van der Waals surface area (Å²) in [6, 6.07) is -0.271. The Labute approximate surface area is 121 Å². The van der Waals surface area contributed by atoms with E-state index in [1.54, 1.807) is 6.92 Å². The van der Waals surface area contributed by atoms with Crippen LogP contribution >= 0.6 is 15.9 Å². The maximum atomic E-state index is 13.5. The standard InChI is InChI=1S/C11H12BrFN2O5/c1-2-20-11(17)6(14)3-5-4-7(15(18)19)9(13)8(12)10(5)16/h4,6,16H,2-3,14H2,1H3. The van der Waals surface area contributed by atoms with Crippen LogP contribution in [0.3, 0.4) is 0 Å². The lowest BCUT2D eigenvalue weighted by Crippen LogP contribution is -2.34. The van der Waals surface area contributed by atoms with E-state index in [1.165, 1.54) is 0 Å². The quantitative estimate of drug-likeness (QED) is 0.473. The lowest BCUT2D eigenvalue weighted by atomic mass is 10.0. The van der Waals surface area contributed by atoms with Gasteiger partial charge in [0, 0.05) is 18.1 Å². The minimum atomic E-state index is -1.19. The predicted octanol–water partition coefficient (Wildman–Crippen LogP) is 1.63. The predicted molar refractivity (Wildman–Crippen MR) is 70.7 cm³/mol. The van der Waals surface area contributed by atoms with E-state index in [-0.39, 0.29) is 18.6 Å². The molecule has 110 valence electrons. The minimum absolute atomic E-state index is 0.0227. The van der Waals surface area contributed by atoms with Crippen LogP contribution in [-0.2, 0) is 16.0 Å². The fourth-order valence-electron chi connectivity index (χ4n) is 1.51. The first-order valence-electron chi connectivity index (χ1n) is 5.56. The number of phenols is 1. The van der Waals surface area contributed by atoms with Crippen LogP contribution in [0.2, 0.25) is 0 Å². The third-order valence-corrected chi connectivity index (χ3v) is 3.19. The van der Waals surface area contributed by atoms with Gasteiger partial charge in [0.25, 0.3) is 0 Å². The summed E-state index contributed by atoms with van der Waals surface area (Å²) in [5.41, 5.74) is 4.71. The van der Waals surface area contributed by atoms with E-state index in [1.807, 2.05) is 0 Å². The topological polar surface area (TPSA) is 116 Å². The summed E-state index contributed by atoms with van der Waals surface area (Å²) in [7, 11) is 0. The molecular formula is C11H12BrFN2O5. The number of nitrogens with zero attached hydrogens (tertiary/aromatic N) is 1. The summed E-state index contributed by atoms with van der Waals surface area (Å²) < 4.78 is 17.8. The van der Waals surface area contributed by atoms with Crippen LogP contribution in [0.15, 0.2) is 10.5 Å². The number of nitro benzene ring substituents is 1. The Bertz CT molecular complexity index is 552. The van der Waals surface area contributed by atoms with E-state index < -0.39 is 38.7 Å². The Morgan fingerprint density at radius 3 is 2.80 bits per heavy atom. The molecule has 0 fully saturated rings. The molecule has 1 rings (SSSR count). The molecule has 0 aliphatic heterocycles. The normalized spacial score (nSPS) is 12.0. The summed E-state index contributed by atoms with van der Waals surface area (Å²) in [5, 5.41) is 20.4. The van der Waals surface area contributed by atoms with Crippen LogP contribution in [0, 0.1) is 15.9 Å². The van der Waals surface area contributed by atoms with Crippen LogP contribution in [0.5, 0.6) is 5.75 Å². The lowest BCUT2D eigenvalue weighted by Gasteiger charge is -2.12. The van der Waals surface area contributed by atoms with E-state index in [0.717, 1.165) is 6.07 Å². The second-order valence-corrected chi connectivity index (χ2v) is 4.64. The SMILES string of the molecule is CCOC(=O)C(N)Cc1cc([N+](=O)[O-])c(F)c(Br)c1O. The molecule has 9 heteroatoms. The largest absolute Gasteiger partial charge is 0.506 e. The van der Waals surface area contributed by atoms with Crippen molar-refractivity contribution in [1.82, 2.24) is 0 Å². The number of phenolic OH excluding ortho intramolecular Hbond substituents is 1. The number of aromatic hydroxyl groups is 1. The van der Waals surface area contributed by atoms with E-state index in [2.05, 4.69) is 20.7 Å². The third-order valence-electron chi connectivity index (χ3n) is 2.47. The lowest BCUT2D eigenvalue weighted by molar-refractivity contribution is -0.387. The van der Waals surface area contributed by atoms with Crippen molar-refractivity contribution in [3.8, 4) is 5.75 Å². The smallest absolute Gasteiger partial charge is 0.323 e. The van der Waals surface area contributed by atoms with Crippen molar-refractivity contribution in [3.63, 3.8) is 0 Å². The van der Waals surface area contributed by atoms with Gasteiger partial charge >= 0.3 is 11.7 Å². The molecule has 0 heterocycles. The van der Waals surface area contributed by atoms with Gasteiger partial charge in [0.05, 0.1) is 11.5 Å². The van der Waals surface area contributed by atoms with Gasteiger partial charge in [0.15, 0.2) is 0 Å². The summed E-state index contributed by atoms with van der Waals surface area (Å²) in [5.74, 6) is -2.44. The number of hydrogen-bond donors (Lipinski definition) is 2. The molecule has 0 bridgehead atoms. The molecular weight excluding hydrogens is 339 g/mol. The maximum Gasteiger partial charge on any atom is 0.323 e. The van der Waals surface area contributed by atoms with Gasteiger partial charge < -0.3 is 15.6 Å². The number of hydrogen-bond acceptors (Lipinski definition) is 6. The van der Waals surface area contributed by atoms with Crippen molar-refractivity contribution in [1.29, 1.82) is 0 Å². The molecule has 20 heavy (non-hydrogen) atoms. The molecule has 0 aliphatic rings. The molecule has 1 unspecified atom stereocenters. The van der Waals surface area contributed by atoms with Crippen LogP contribution in [0.25, 0.3) is 0 Å². The Balaban J connectivity index is 3.13. The van der Waals surface area contributed by atoms with Gasteiger partial charge in [-0.3, -0.25) is 14.9 Å². The number of rotatable bonds is 5. The molecule has 1 atom stereocenters. The van der Waals surface area contributed by atoms with Crippen LogP contribution in [0.1, 0.15) is 12.5 Å². The summed E-state index contributed by atoms with van der Waals surface area (Å²) in [4.78, 5) is 21.1. The van der Waals surface area contributed by atoms with E-state index in [0.29, 0.717) is 0 Å². The number of ether oxygens (including phenoxy) is 1. The zero-order chi connectivity index (χ0) is 15.4. The molecule has 0 saturated carbocycles. The zero-order valence-corrected chi connectivity index (χ0v) is 12.0. The van der Waals surface area contributed by atoms with Gasteiger partial charge in [0.2, 0.25) is 5.82 Å². The Morgan fingerprint density at radius 1 is 1.70 bits per heavy atom. The number of carbonyl (C=O) groups is 1. The van der Waals surface area contributed by atoms with Crippen molar-refractivity contribution >= 4 is 27.6 Å². The summed E-state index contributed by atoms with van der Waals surface area (Å²) in [6.45, 7) is 1.73. The average molecular weight is 351 g/mol. The summed E-state index contributed by atoms with van der Waals surface area (Å²) in [6.07, 6.45) is -0.218. The second-order valence-electron chi connectivity index (χ2n) is 3.85. The van der Waals surface area contributed by atoms with E-state index in [9.17, 15) is 24.4 Å². The van der Waals surface area contributed by atoms with Crippen molar-refractivity contribution in [2.75, 3.05) is 6.61 Å². The number of nitro groups is 1. The zero-order valence-electron chi connectivity index (χ0n) is 10.4. The third kappa shape index (κ3) is 3.42. The van der Waals surface area contributed by atoms with Crippen LogP contribution < -0.4 is 5.73 Å². The van der Waals surface area contributed by atoms with E-state index in [4.69, 9.17) is 5.73 Å². The summed E-state index contributed by atoms with van der Waals surface area (Å²) >= 11 is 2.72. The highest BCUT2D eigenvalue weighted by atomic mass is 79.9. The number of carbonyl (C=O) groups excluding carboxylic acids is 1. The van der Waals surface area contributed by atoms with Crippen LogP contribution in [0.4, 0.5) is 10.1 Å². The monoisotopic (exact) mass is 350 g/mol. The molecule has 0 amide bonds. The molecule has 7 nitrogen and oxygen atoms in total. The number of nitrogens with two attached hydrogens (primary N) is 1. The minimum Gasteiger partial charge on any atom is -0.506 e. The molecule has 0 saturated heterocycles. The first-order chi connectivity index (χ1) is 9.29. The Morgan fingerprint density at radius 2 is 2.30 bits per heavy atom. The number of esters is 1. The highest BCUT2D eigenvalue weighted by Gasteiger charge is 2.26. The van der Waals surface area contributed by atoms with Crippen molar-refractivity contribution in [2.24, 2.45) is 5.73 Å². The fraction of sp³-hybridized carbons (Fsp3) is 0.364. The van der Waals surface area contributed by atoms with Gasteiger partial charge in [0.1, 0.15) is 16.3 Å². The molecule has 0 radical (unpaired) electrons. The Kier molecular flexibility index (Phi) is 5.40. The molecule has 3 N–H and O–H groups in total. The molecule has 0 spiro atoms. The molecule has 1 aromatic rings. The first kappa shape index (κ1) is 16.3. The maximum absolute atomic E-state index is 13.5. The van der Waals surface area contributed by atoms with E-state index >= 15 is 0 Å². The number of benzene rings is 1. The Hall–Kier alpha value is -1.74. The first-order valence-corrected chi connectivity index (χ1v) is 6.35. The highest BCUT2D eigenvalue weighted by Crippen LogP contribution is 2.36.